The number of halogens is 3. The van der Waals surface area contributed by atoms with Gasteiger partial charge in [-0.05, 0) is 0 Å². The van der Waals surface area contributed by atoms with Crippen molar-refractivity contribution in [3.63, 3.8) is 0 Å². The van der Waals surface area contributed by atoms with E-state index >= 15 is 0 Å². The van der Waals surface area contributed by atoms with Crippen molar-refractivity contribution >= 4 is 40.2 Å². The first-order chi connectivity index (χ1) is 1.73. The Morgan fingerprint density at radius 3 is 1.40 bits per heavy atom. The highest BCUT2D eigenvalue weighted by Gasteiger charge is 1.60. The van der Waals surface area contributed by atoms with E-state index in [2.05, 4.69) is 6.58 Å². The number of hydrogen-bond donors (Lipinski definition) is 0. The van der Waals surface area contributed by atoms with Crippen LogP contribution < -0.4 is 0 Å². The maximum absolute atomic E-state index is 4.85. The summed E-state index contributed by atoms with van der Waals surface area (Å²) in [5.74, 6) is 0. The van der Waals surface area contributed by atoms with E-state index in [1.54, 1.807) is 0 Å². The summed E-state index contributed by atoms with van der Waals surface area (Å²) in [6.45, 7) is 3.09. The third kappa shape index (κ3) is 58.8. The molecular weight excluding hydrogens is 175 g/mol. The molecule has 0 nitrogen and oxygen atoms in total. The van der Waals surface area contributed by atoms with E-state index in [0.717, 1.165) is 0 Å². The third-order valence-electron chi connectivity index (χ3n) is 0. The van der Waals surface area contributed by atoms with Crippen molar-refractivity contribution in [1.29, 1.82) is 0 Å². The fourth-order valence-electron chi connectivity index (χ4n) is 0. The molecule has 0 rings (SSSR count). The second kappa shape index (κ2) is 4.80. The van der Waals surface area contributed by atoms with Crippen LogP contribution in [-0.2, 0) is 0 Å². The van der Waals surface area contributed by atoms with E-state index in [0.29, 0.717) is 0 Å². The quantitative estimate of drug-likeness (QED) is 0.534. The van der Waals surface area contributed by atoms with Crippen LogP contribution in [0.15, 0.2) is 11.1 Å². The fourth-order valence-corrected chi connectivity index (χ4v) is 0. The zero-order valence-corrected chi connectivity index (χ0v) is 5.60. The summed E-state index contributed by atoms with van der Waals surface area (Å²) >= 11 is 9.69. The van der Waals surface area contributed by atoms with Crippen LogP contribution in [0.2, 0.25) is 0 Å². The maximum Gasteiger partial charge on any atom is 0.0992 e. The van der Waals surface area contributed by atoms with Crippen molar-refractivity contribution < 1.29 is 0 Å². The summed E-state index contributed by atoms with van der Waals surface area (Å²) in [6, 6.07) is 0. The average molecular weight is 178 g/mol. The van der Waals surface area contributed by atoms with Crippen LogP contribution in [0.3, 0.4) is 0 Å². The van der Waals surface area contributed by atoms with Gasteiger partial charge in [-0.3, -0.25) is 0 Å². The Morgan fingerprint density at radius 1 is 1.40 bits per heavy atom. The topological polar surface area (TPSA) is 0 Å². The van der Waals surface area contributed by atoms with Gasteiger partial charge >= 0.3 is 0 Å². The minimum atomic E-state index is 0. The minimum Gasteiger partial charge on any atom is -0.114 e. The summed E-state index contributed by atoms with van der Waals surface area (Å²) in [6.07, 6.45) is 0. The molecule has 0 saturated carbocycles. The molecule has 0 bridgehead atoms. The Labute approximate surface area is 51.5 Å². The van der Waals surface area contributed by atoms with Crippen LogP contribution in [0.5, 0.6) is 0 Å². The highest BCUT2D eigenvalue weighted by atomic mass is 79.9. The Balaban J connectivity index is 0. The monoisotopic (exact) mass is 176 g/mol. The van der Waals surface area contributed by atoms with E-state index in [4.69, 9.17) is 23.2 Å². The molecule has 0 spiro atoms. The van der Waals surface area contributed by atoms with Gasteiger partial charge in [0.2, 0.25) is 0 Å². The Kier molecular flexibility index (Phi) is 8.88. The molecule has 0 heterocycles. The van der Waals surface area contributed by atoms with Gasteiger partial charge in [0.25, 0.3) is 0 Å². The van der Waals surface area contributed by atoms with Gasteiger partial charge < -0.3 is 0 Å². The van der Waals surface area contributed by atoms with Crippen molar-refractivity contribution in [2.45, 2.75) is 0 Å². The molecule has 5 heavy (non-hydrogen) atoms. The molecule has 0 unspecified atom stereocenters. The third-order valence-corrected chi connectivity index (χ3v) is 0. The zero-order chi connectivity index (χ0) is 3.58. The van der Waals surface area contributed by atoms with Crippen molar-refractivity contribution in [1.82, 2.24) is 0 Å². The lowest BCUT2D eigenvalue weighted by Crippen LogP contribution is -1.24. The second-order valence-electron chi connectivity index (χ2n) is 0.339. The Bertz CT molecular complexity index is 30.6. The molecule has 0 radical (unpaired) electrons. The molecule has 0 aliphatic rings. The molecule has 0 amide bonds. The van der Waals surface area contributed by atoms with Crippen molar-refractivity contribution in [3.05, 3.63) is 11.1 Å². The number of hydrogen-bond acceptors (Lipinski definition) is 0. The molecule has 0 fully saturated rings. The van der Waals surface area contributed by atoms with Gasteiger partial charge in [-0.1, -0.05) is 29.8 Å². The lowest BCUT2D eigenvalue weighted by Gasteiger charge is -1.57. The minimum absolute atomic E-state index is 0. The largest absolute Gasteiger partial charge is 0.114 e. The first-order valence-corrected chi connectivity index (χ1v) is 1.49. The molecule has 0 aromatic rings. The van der Waals surface area contributed by atoms with Crippen molar-refractivity contribution in [3.8, 4) is 0 Å². The summed E-state index contributed by atoms with van der Waals surface area (Å²) in [7, 11) is 0. The van der Waals surface area contributed by atoms with Crippen LogP contribution in [0.25, 0.3) is 0 Å². The van der Waals surface area contributed by atoms with Crippen LogP contribution >= 0.6 is 40.2 Å². The summed E-state index contributed by atoms with van der Waals surface area (Å²) < 4.78 is 0.111. The molecule has 0 aliphatic heterocycles. The fraction of sp³-hybridized carbons (Fsp3) is 0. The van der Waals surface area contributed by atoms with Crippen molar-refractivity contribution in [2.24, 2.45) is 0 Å². The van der Waals surface area contributed by atoms with Gasteiger partial charge in [0.15, 0.2) is 0 Å². The normalized spacial score (nSPS) is 5.20. The average Bonchev–Trinajstić information content (AvgIpc) is 0.811. The van der Waals surface area contributed by atoms with Gasteiger partial charge in [0, 0.05) is 0 Å². The second-order valence-corrected chi connectivity index (χ2v) is 1.44. The highest BCUT2D eigenvalue weighted by Crippen LogP contribution is 1.98. The Hall–Kier alpha value is 0.800. The summed E-state index contributed by atoms with van der Waals surface area (Å²) in [5.41, 5.74) is 0. The zero-order valence-electron chi connectivity index (χ0n) is 2.37. The van der Waals surface area contributed by atoms with Gasteiger partial charge in [-0.2, -0.15) is 0 Å². The molecule has 0 aromatic heterocycles. The molecule has 0 N–H and O–H groups in total. The molecule has 3 heteroatoms. The molecule has 0 atom stereocenters. The van der Waals surface area contributed by atoms with E-state index < -0.39 is 0 Å². The predicted molar refractivity (Wildman–Crippen MR) is 31.2 cm³/mol. The highest BCUT2D eigenvalue weighted by molar-refractivity contribution is 8.93. The molecule has 0 aliphatic carbocycles. The van der Waals surface area contributed by atoms with Crippen molar-refractivity contribution in [2.75, 3.05) is 0 Å². The van der Waals surface area contributed by atoms with Gasteiger partial charge in [0.05, 0.1) is 4.49 Å². The van der Waals surface area contributed by atoms with E-state index in [-0.39, 0.29) is 21.5 Å². The van der Waals surface area contributed by atoms with Crippen LogP contribution in [0.1, 0.15) is 0 Å². The summed E-state index contributed by atoms with van der Waals surface area (Å²) in [5, 5.41) is 0. The molecule has 0 saturated heterocycles. The van der Waals surface area contributed by atoms with Gasteiger partial charge in [-0.25, -0.2) is 0 Å². The molecule has 32 valence electrons. The lowest BCUT2D eigenvalue weighted by molar-refractivity contribution is 2.45. The first-order valence-electron chi connectivity index (χ1n) is 0.732. The Morgan fingerprint density at radius 2 is 1.40 bits per heavy atom. The van der Waals surface area contributed by atoms with Gasteiger partial charge in [0.1, 0.15) is 0 Å². The van der Waals surface area contributed by atoms with E-state index in [1.807, 2.05) is 0 Å². The molecule has 0 aromatic carbocycles. The first kappa shape index (κ1) is 9.25. The standard InChI is InChI=1S/C2H2Cl2.BrH/c1-2(3)4;/h1H2;1H. The van der Waals surface area contributed by atoms with Crippen LogP contribution in [0.4, 0.5) is 0 Å². The SMILES string of the molecule is Br.C=C(Cl)Cl. The van der Waals surface area contributed by atoms with Gasteiger partial charge in [-0.15, -0.1) is 17.0 Å². The lowest BCUT2D eigenvalue weighted by atomic mass is 11.3. The van der Waals surface area contributed by atoms with E-state index in [1.165, 1.54) is 0 Å². The van der Waals surface area contributed by atoms with Crippen LogP contribution in [0, 0.1) is 0 Å². The smallest absolute Gasteiger partial charge is 0.0992 e. The summed E-state index contributed by atoms with van der Waals surface area (Å²) in [4.78, 5) is 0. The predicted octanol–water partition coefficient (Wildman–Crippen LogP) is 2.51. The maximum atomic E-state index is 4.85. The number of rotatable bonds is 0. The van der Waals surface area contributed by atoms with E-state index in [9.17, 15) is 0 Å². The van der Waals surface area contributed by atoms with Crippen LogP contribution in [-0.4, -0.2) is 0 Å². The molecular formula is C2H3BrCl2.